The van der Waals surface area contributed by atoms with Gasteiger partial charge in [0.25, 0.3) is 0 Å². The monoisotopic (exact) mass is 492 g/mol. The number of hydrogen-bond donors (Lipinski definition) is 0. The van der Waals surface area contributed by atoms with Crippen LogP contribution in [0.3, 0.4) is 0 Å². The van der Waals surface area contributed by atoms with Crippen molar-refractivity contribution in [2.24, 2.45) is 0 Å². The molecule has 0 saturated heterocycles. The Balaban J connectivity index is 1.79. The largest absolute Gasteiger partial charge is 0.454 e. The molecule has 0 amide bonds. The molecule has 0 saturated carbocycles. The first-order valence-corrected chi connectivity index (χ1v) is 16.0. The zero-order valence-electron chi connectivity index (χ0n) is 21.6. The van der Waals surface area contributed by atoms with E-state index < -0.39 is 8.07 Å². The summed E-state index contributed by atoms with van der Waals surface area (Å²) in [6, 6.07) is 20.2. The molecular weight excluding hydrogens is 452 g/mol. The Bertz CT molecular complexity index is 930. The summed E-state index contributed by atoms with van der Waals surface area (Å²) in [6.45, 7) is 10.1. The van der Waals surface area contributed by atoms with Gasteiger partial charge in [-0.2, -0.15) is 0 Å². The fraction of sp³-hybridized carbons (Fsp3) is 0.367. The minimum atomic E-state index is -1.06. The van der Waals surface area contributed by atoms with Crippen molar-refractivity contribution < 1.29 is 19.0 Å². The molecule has 5 heteroatoms. The molecule has 0 spiro atoms. The van der Waals surface area contributed by atoms with Gasteiger partial charge >= 0.3 is 5.97 Å². The second-order valence-corrected chi connectivity index (χ2v) is 15.3. The van der Waals surface area contributed by atoms with Crippen molar-refractivity contribution in [2.45, 2.75) is 57.7 Å². The minimum absolute atomic E-state index is 0.00339. The van der Waals surface area contributed by atoms with E-state index in [0.717, 1.165) is 24.6 Å². The molecule has 2 aromatic carbocycles. The Labute approximate surface area is 212 Å². The topological polar surface area (TPSA) is 44.8 Å². The molecule has 0 radical (unpaired) electrons. The highest BCUT2D eigenvalue weighted by Gasteiger charge is 2.13. The quantitative estimate of drug-likeness (QED) is 0.0847. The van der Waals surface area contributed by atoms with E-state index in [1.807, 2.05) is 79.8 Å². The second-order valence-electron chi connectivity index (χ2n) is 9.66. The summed E-state index contributed by atoms with van der Waals surface area (Å²) < 4.78 is 17.0. The van der Waals surface area contributed by atoms with Gasteiger partial charge in [0, 0.05) is 21.1 Å². The minimum Gasteiger partial charge on any atom is -0.454 e. The average molecular weight is 493 g/mol. The number of rotatable bonds is 15. The number of ether oxygens (including phenoxy) is 3. The van der Waals surface area contributed by atoms with Crippen molar-refractivity contribution in [2.75, 3.05) is 13.4 Å². The van der Waals surface area contributed by atoms with Gasteiger partial charge in [0.1, 0.15) is 12.9 Å². The number of allylic oxidation sites excluding steroid dienone is 2. The summed E-state index contributed by atoms with van der Waals surface area (Å²) in [6.07, 6.45) is 13.2. The smallest absolute Gasteiger partial charge is 0.338 e. The van der Waals surface area contributed by atoms with Crippen molar-refractivity contribution in [1.29, 1.82) is 0 Å². The van der Waals surface area contributed by atoms with Gasteiger partial charge in [-0.15, -0.1) is 0 Å². The van der Waals surface area contributed by atoms with Crippen LogP contribution in [0.2, 0.25) is 25.7 Å². The number of hydrogen-bond acceptors (Lipinski definition) is 4. The molecule has 0 N–H and O–H groups in total. The predicted octanol–water partition coefficient (Wildman–Crippen LogP) is 7.54. The van der Waals surface area contributed by atoms with Crippen molar-refractivity contribution in [1.82, 2.24) is 0 Å². The van der Waals surface area contributed by atoms with Crippen LogP contribution in [0, 0.1) is 0 Å². The Hall–Kier alpha value is -2.73. The fourth-order valence-corrected chi connectivity index (χ4v) is 3.81. The van der Waals surface area contributed by atoms with Crippen LogP contribution in [-0.4, -0.2) is 39.7 Å². The lowest BCUT2D eigenvalue weighted by Gasteiger charge is -2.16. The highest BCUT2D eigenvalue weighted by Crippen LogP contribution is 2.12. The number of carbonyl (C=O) groups is 1. The molecular formula is C30H40O4Si. The normalized spacial score (nSPS) is 14.1. The molecule has 0 unspecified atom stereocenters. The van der Waals surface area contributed by atoms with Crippen molar-refractivity contribution in [3.05, 3.63) is 102 Å². The molecule has 35 heavy (non-hydrogen) atoms. The SMILES string of the molecule is C[C@H](/C=C\C/C=C/C[C@H](/C=C/c1ccccc1)OC(=O)c1ccccc1)OCOCC[Si](C)(C)C. The first kappa shape index (κ1) is 28.5. The van der Waals surface area contributed by atoms with Gasteiger partial charge in [0.05, 0.1) is 11.7 Å². The molecule has 2 atom stereocenters. The predicted molar refractivity (Wildman–Crippen MR) is 148 cm³/mol. The van der Waals surface area contributed by atoms with Crippen LogP contribution in [0.15, 0.2) is 91.0 Å². The maximum Gasteiger partial charge on any atom is 0.338 e. The summed E-state index contributed by atoms with van der Waals surface area (Å²) >= 11 is 0. The number of benzene rings is 2. The van der Waals surface area contributed by atoms with Crippen LogP contribution in [0.4, 0.5) is 0 Å². The number of carbonyl (C=O) groups excluding carboxylic acids is 1. The maximum atomic E-state index is 12.5. The van der Waals surface area contributed by atoms with E-state index in [2.05, 4.69) is 31.8 Å². The molecule has 0 aliphatic heterocycles. The van der Waals surface area contributed by atoms with Gasteiger partial charge in [-0.3, -0.25) is 0 Å². The zero-order valence-corrected chi connectivity index (χ0v) is 22.6. The Kier molecular flexibility index (Phi) is 13.1. The lowest BCUT2D eigenvalue weighted by molar-refractivity contribution is -0.0665. The van der Waals surface area contributed by atoms with E-state index in [1.165, 1.54) is 0 Å². The second kappa shape index (κ2) is 16.0. The van der Waals surface area contributed by atoms with E-state index in [4.69, 9.17) is 14.2 Å². The van der Waals surface area contributed by atoms with Crippen LogP contribution in [0.5, 0.6) is 0 Å². The highest BCUT2D eigenvalue weighted by molar-refractivity contribution is 6.76. The van der Waals surface area contributed by atoms with Crippen molar-refractivity contribution in [3.8, 4) is 0 Å². The lowest BCUT2D eigenvalue weighted by atomic mass is 10.1. The summed E-state index contributed by atoms with van der Waals surface area (Å²) in [5, 5.41) is 0. The van der Waals surface area contributed by atoms with Crippen LogP contribution < -0.4 is 0 Å². The van der Waals surface area contributed by atoms with Crippen LogP contribution in [0.1, 0.15) is 35.7 Å². The Morgan fingerprint density at radius 3 is 2.29 bits per heavy atom. The van der Waals surface area contributed by atoms with Crippen molar-refractivity contribution >= 4 is 20.1 Å². The molecule has 0 bridgehead atoms. The van der Waals surface area contributed by atoms with Crippen molar-refractivity contribution in [3.63, 3.8) is 0 Å². The van der Waals surface area contributed by atoms with Gasteiger partial charge < -0.3 is 14.2 Å². The van der Waals surface area contributed by atoms with Crippen LogP contribution >= 0.6 is 0 Å². The van der Waals surface area contributed by atoms with Gasteiger partial charge in [0.15, 0.2) is 0 Å². The molecule has 0 heterocycles. The molecule has 2 aromatic rings. The molecule has 2 rings (SSSR count). The first-order valence-electron chi connectivity index (χ1n) is 12.3. The standard InChI is InChI=1S/C30H40O4Si/c1-26(33-25-32-23-24-35(2,3)4)15-9-5-6-14-20-29(22-21-27-16-10-7-11-17-27)34-30(31)28-18-12-8-13-19-28/h6-19,21-22,26,29H,5,20,23-25H2,1-4H3/b14-6+,15-9-,22-21+/t26-,29-/m1/s1. The van der Waals surface area contributed by atoms with E-state index >= 15 is 0 Å². The molecule has 0 aromatic heterocycles. The maximum absolute atomic E-state index is 12.5. The van der Waals surface area contributed by atoms with Crippen LogP contribution in [-0.2, 0) is 14.2 Å². The van der Waals surface area contributed by atoms with E-state index in [1.54, 1.807) is 12.1 Å². The zero-order chi connectivity index (χ0) is 25.4. The number of esters is 1. The Morgan fingerprint density at radius 1 is 0.914 bits per heavy atom. The van der Waals surface area contributed by atoms with Crippen LogP contribution in [0.25, 0.3) is 6.08 Å². The summed E-state index contributed by atoms with van der Waals surface area (Å²) in [5.74, 6) is -0.320. The van der Waals surface area contributed by atoms with E-state index in [-0.39, 0.29) is 18.2 Å². The molecule has 4 nitrogen and oxygen atoms in total. The molecule has 0 aliphatic rings. The van der Waals surface area contributed by atoms with E-state index in [0.29, 0.717) is 18.8 Å². The third kappa shape index (κ3) is 13.7. The third-order valence-electron chi connectivity index (χ3n) is 5.20. The van der Waals surface area contributed by atoms with Gasteiger partial charge in [0.2, 0.25) is 0 Å². The molecule has 0 aliphatic carbocycles. The van der Waals surface area contributed by atoms with Gasteiger partial charge in [-0.05, 0) is 43.2 Å². The average Bonchev–Trinajstić information content (AvgIpc) is 2.84. The lowest BCUT2D eigenvalue weighted by Crippen LogP contribution is -2.22. The fourth-order valence-electron chi connectivity index (χ4n) is 3.05. The first-order chi connectivity index (χ1) is 16.8. The Morgan fingerprint density at radius 2 is 1.60 bits per heavy atom. The summed E-state index contributed by atoms with van der Waals surface area (Å²) in [7, 11) is -1.06. The highest BCUT2D eigenvalue weighted by atomic mass is 28.3. The van der Waals surface area contributed by atoms with Gasteiger partial charge in [-0.25, -0.2) is 4.79 Å². The van der Waals surface area contributed by atoms with Gasteiger partial charge in [-0.1, -0.05) is 98.6 Å². The summed E-state index contributed by atoms with van der Waals surface area (Å²) in [4.78, 5) is 12.5. The van der Waals surface area contributed by atoms with E-state index in [9.17, 15) is 4.79 Å². The third-order valence-corrected chi connectivity index (χ3v) is 6.90. The molecule has 188 valence electrons. The molecule has 0 fully saturated rings. The summed E-state index contributed by atoms with van der Waals surface area (Å²) in [5.41, 5.74) is 1.62.